The van der Waals surface area contributed by atoms with Crippen LogP contribution in [0.2, 0.25) is 0 Å². The highest BCUT2D eigenvalue weighted by Crippen LogP contribution is 2.07. The van der Waals surface area contributed by atoms with Gasteiger partial charge in [-0.15, -0.1) is 11.3 Å². The second kappa shape index (κ2) is 6.40. The van der Waals surface area contributed by atoms with E-state index in [1.54, 1.807) is 13.1 Å². The summed E-state index contributed by atoms with van der Waals surface area (Å²) in [5.74, 6) is -0.137. The van der Waals surface area contributed by atoms with Crippen molar-refractivity contribution in [3.63, 3.8) is 0 Å². The molecule has 86 valence electrons. The van der Waals surface area contributed by atoms with Crippen molar-refractivity contribution < 1.29 is 9.53 Å². The van der Waals surface area contributed by atoms with Gasteiger partial charge < -0.3 is 10.5 Å². The number of hydrogen-bond donors (Lipinski definition) is 1. The summed E-state index contributed by atoms with van der Waals surface area (Å²) >= 11 is 1.44. The van der Waals surface area contributed by atoms with Gasteiger partial charge in [0.1, 0.15) is 5.60 Å². The molecule has 0 unspecified atom stereocenters. The van der Waals surface area contributed by atoms with E-state index in [4.69, 9.17) is 10.5 Å². The van der Waals surface area contributed by atoms with Crippen LogP contribution in [0, 0.1) is 0 Å². The standard InChI is InChI=1S/C7H14O2.C3H4N2S/c1-5-6(8)9-7(2,3)4;4-3-5-1-2-6-3/h5H2,1-4H3;1-2H,(H2,4,5). The number of carbonyl (C=O) groups is 1. The number of hydrogen-bond acceptors (Lipinski definition) is 5. The number of nitrogens with zero attached hydrogens (tertiary/aromatic N) is 1. The van der Waals surface area contributed by atoms with Gasteiger partial charge in [-0.1, -0.05) is 6.92 Å². The van der Waals surface area contributed by atoms with Gasteiger partial charge in [-0.2, -0.15) is 0 Å². The Morgan fingerprint density at radius 3 is 2.33 bits per heavy atom. The number of esters is 1. The van der Waals surface area contributed by atoms with E-state index in [1.165, 1.54) is 11.3 Å². The summed E-state index contributed by atoms with van der Waals surface area (Å²) in [5.41, 5.74) is 4.86. The Labute approximate surface area is 94.5 Å². The zero-order valence-electron chi connectivity index (χ0n) is 9.61. The number of aromatic nitrogens is 1. The normalized spacial score (nSPS) is 10.1. The van der Waals surface area contributed by atoms with Crippen LogP contribution in [0.4, 0.5) is 5.13 Å². The van der Waals surface area contributed by atoms with Crippen LogP contribution in [0.1, 0.15) is 34.1 Å². The van der Waals surface area contributed by atoms with E-state index in [9.17, 15) is 4.79 Å². The number of thiazole rings is 1. The maximum atomic E-state index is 10.6. The molecule has 0 atom stereocenters. The van der Waals surface area contributed by atoms with E-state index in [0.717, 1.165) is 0 Å². The van der Waals surface area contributed by atoms with Crippen LogP contribution in [0.15, 0.2) is 11.6 Å². The third kappa shape index (κ3) is 9.21. The lowest BCUT2D eigenvalue weighted by Gasteiger charge is -2.18. The molecule has 2 N–H and O–H groups in total. The molecule has 0 fully saturated rings. The summed E-state index contributed by atoms with van der Waals surface area (Å²) in [5, 5.41) is 2.48. The fraction of sp³-hybridized carbons (Fsp3) is 0.600. The molecule has 1 aromatic rings. The van der Waals surface area contributed by atoms with Gasteiger partial charge in [-0.05, 0) is 20.8 Å². The average molecular weight is 230 g/mol. The van der Waals surface area contributed by atoms with Crippen LogP contribution < -0.4 is 5.73 Å². The van der Waals surface area contributed by atoms with Crippen LogP contribution in [-0.4, -0.2) is 16.6 Å². The van der Waals surface area contributed by atoms with Gasteiger partial charge in [0.2, 0.25) is 0 Å². The van der Waals surface area contributed by atoms with Gasteiger partial charge in [-0.3, -0.25) is 4.79 Å². The molecule has 5 heteroatoms. The lowest BCUT2D eigenvalue weighted by atomic mass is 10.2. The first-order valence-electron chi connectivity index (χ1n) is 4.72. The molecule has 4 nitrogen and oxygen atoms in total. The van der Waals surface area contributed by atoms with E-state index < -0.39 is 0 Å². The SMILES string of the molecule is CCC(=O)OC(C)(C)C.Nc1nccs1. The molecule has 0 saturated carbocycles. The molecular weight excluding hydrogens is 212 g/mol. The highest BCUT2D eigenvalue weighted by atomic mass is 32.1. The molecule has 1 aromatic heterocycles. The topological polar surface area (TPSA) is 65.2 Å². The first-order valence-corrected chi connectivity index (χ1v) is 5.60. The highest BCUT2D eigenvalue weighted by molar-refractivity contribution is 7.13. The predicted molar refractivity (Wildman–Crippen MR) is 62.7 cm³/mol. The number of nitrogen functional groups attached to an aromatic ring is 1. The molecule has 0 aliphatic rings. The van der Waals surface area contributed by atoms with Crippen molar-refractivity contribution in [3.05, 3.63) is 11.6 Å². The van der Waals surface area contributed by atoms with Crippen molar-refractivity contribution in [2.45, 2.75) is 39.7 Å². The van der Waals surface area contributed by atoms with Crippen molar-refractivity contribution in [1.82, 2.24) is 4.98 Å². The summed E-state index contributed by atoms with van der Waals surface area (Å²) in [4.78, 5) is 14.3. The minimum Gasteiger partial charge on any atom is -0.460 e. The third-order valence-electron chi connectivity index (χ3n) is 1.16. The van der Waals surface area contributed by atoms with E-state index in [-0.39, 0.29) is 11.6 Å². The first kappa shape index (κ1) is 13.9. The molecule has 0 amide bonds. The quantitative estimate of drug-likeness (QED) is 0.753. The highest BCUT2D eigenvalue weighted by Gasteiger charge is 2.13. The maximum Gasteiger partial charge on any atom is 0.306 e. The molecule has 0 bridgehead atoms. The number of carbonyl (C=O) groups excluding carboxylic acids is 1. The van der Waals surface area contributed by atoms with E-state index in [2.05, 4.69) is 4.98 Å². The van der Waals surface area contributed by atoms with Gasteiger partial charge in [0.05, 0.1) is 0 Å². The van der Waals surface area contributed by atoms with Crippen LogP contribution in [0.5, 0.6) is 0 Å². The fourth-order valence-electron chi connectivity index (χ4n) is 0.648. The van der Waals surface area contributed by atoms with E-state index in [0.29, 0.717) is 11.6 Å². The fourth-order valence-corrected chi connectivity index (χ4v) is 1.03. The average Bonchev–Trinajstić information content (AvgIpc) is 2.54. The Balaban J connectivity index is 0.000000280. The monoisotopic (exact) mass is 230 g/mol. The van der Waals surface area contributed by atoms with Crippen molar-refractivity contribution in [1.29, 1.82) is 0 Å². The van der Waals surface area contributed by atoms with Crippen molar-refractivity contribution >= 4 is 22.4 Å². The van der Waals surface area contributed by atoms with Gasteiger partial charge in [-0.25, -0.2) is 4.98 Å². The summed E-state index contributed by atoms with van der Waals surface area (Å²) in [7, 11) is 0. The van der Waals surface area contributed by atoms with Crippen molar-refractivity contribution in [2.75, 3.05) is 5.73 Å². The molecule has 1 rings (SSSR count). The molecule has 0 aliphatic carbocycles. The maximum absolute atomic E-state index is 10.6. The Morgan fingerprint density at radius 1 is 1.60 bits per heavy atom. The second-order valence-corrected chi connectivity index (χ2v) is 4.74. The molecule has 0 saturated heterocycles. The lowest BCUT2D eigenvalue weighted by Crippen LogP contribution is -2.23. The summed E-state index contributed by atoms with van der Waals surface area (Å²) in [6.07, 6.45) is 2.14. The number of ether oxygens (including phenoxy) is 1. The molecular formula is C10H18N2O2S. The van der Waals surface area contributed by atoms with Crippen LogP contribution >= 0.6 is 11.3 Å². The van der Waals surface area contributed by atoms with Crippen LogP contribution in [-0.2, 0) is 9.53 Å². The van der Waals surface area contributed by atoms with Gasteiger partial charge in [0, 0.05) is 18.0 Å². The molecule has 0 spiro atoms. The Kier molecular flexibility index (Phi) is 5.93. The van der Waals surface area contributed by atoms with Crippen molar-refractivity contribution in [2.24, 2.45) is 0 Å². The zero-order valence-corrected chi connectivity index (χ0v) is 10.4. The van der Waals surface area contributed by atoms with Gasteiger partial charge in [0.25, 0.3) is 0 Å². The number of anilines is 1. The largest absolute Gasteiger partial charge is 0.460 e. The molecule has 0 aliphatic heterocycles. The third-order valence-corrected chi connectivity index (χ3v) is 1.76. The molecule has 15 heavy (non-hydrogen) atoms. The minimum absolute atomic E-state index is 0.137. The van der Waals surface area contributed by atoms with Crippen molar-refractivity contribution in [3.8, 4) is 0 Å². The van der Waals surface area contributed by atoms with Crippen LogP contribution in [0.25, 0.3) is 0 Å². The Hall–Kier alpha value is -1.10. The summed E-state index contributed by atoms with van der Waals surface area (Å²) in [6.45, 7) is 7.37. The van der Waals surface area contributed by atoms with E-state index in [1.807, 2.05) is 26.2 Å². The first-order chi connectivity index (χ1) is 6.85. The minimum atomic E-state index is -0.326. The van der Waals surface area contributed by atoms with Gasteiger partial charge >= 0.3 is 5.97 Å². The molecule has 0 radical (unpaired) electrons. The number of rotatable bonds is 1. The Bertz CT molecular complexity index is 278. The van der Waals surface area contributed by atoms with Crippen LogP contribution in [0.3, 0.4) is 0 Å². The second-order valence-electron chi connectivity index (χ2n) is 3.81. The van der Waals surface area contributed by atoms with Gasteiger partial charge in [0.15, 0.2) is 5.13 Å². The van der Waals surface area contributed by atoms with E-state index >= 15 is 0 Å². The summed E-state index contributed by atoms with van der Waals surface area (Å²) in [6, 6.07) is 0. The Morgan fingerprint density at radius 2 is 2.20 bits per heavy atom. The smallest absolute Gasteiger partial charge is 0.306 e. The molecule has 0 aromatic carbocycles. The lowest BCUT2D eigenvalue weighted by molar-refractivity contribution is -0.154. The zero-order chi connectivity index (χ0) is 11.9. The summed E-state index contributed by atoms with van der Waals surface area (Å²) < 4.78 is 4.95. The molecule has 1 heterocycles. The predicted octanol–water partition coefficient (Wildman–Crippen LogP) is 2.46. The number of nitrogens with two attached hydrogens (primary N) is 1.